The average molecular weight is 251 g/mol. The van der Waals surface area contributed by atoms with Crippen molar-refractivity contribution >= 4 is 6.09 Å². The van der Waals surface area contributed by atoms with E-state index in [-0.39, 0.29) is 6.09 Å². The molecule has 0 aromatic carbocycles. The molecule has 0 fully saturated rings. The molecule has 0 aliphatic rings. The summed E-state index contributed by atoms with van der Waals surface area (Å²) in [6.07, 6.45) is 3.21. The Morgan fingerprint density at radius 1 is 1.50 bits per heavy atom. The Labute approximate surface area is 108 Å². The van der Waals surface area contributed by atoms with Crippen LogP contribution in [0.15, 0.2) is 24.5 Å². The molecule has 0 saturated carbocycles. The van der Waals surface area contributed by atoms with Gasteiger partial charge in [0.2, 0.25) is 0 Å². The van der Waals surface area contributed by atoms with Crippen molar-refractivity contribution < 1.29 is 9.53 Å². The number of aromatic nitrogens is 1. The van der Waals surface area contributed by atoms with Crippen LogP contribution in [0.1, 0.15) is 25.5 Å². The van der Waals surface area contributed by atoms with E-state index in [2.05, 4.69) is 33.8 Å². The first-order chi connectivity index (χ1) is 8.69. The van der Waals surface area contributed by atoms with Crippen molar-refractivity contribution in [3.05, 3.63) is 30.1 Å². The van der Waals surface area contributed by atoms with Crippen molar-refractivity contribution in [1.82, 2.24) is 15.2 Å². The van der Waals surface area contributed by atoms with Crippen LogP contribution in [0.4, 0.5) is 4.79 Å². The lowest BCUT2D eigenvalue weighted by Gasteiger charge is -2.28. The number of nitrogens with zero attached hydrogens (tertiary/aromatic N) is 2. The van der Waals surface area contributed by atoms with Gasteiger partial charge in [-0.3, -0.25) is 9.88 Å². The fraction of sp³-hybridized carbons (Fsp3) is 0.538. The maximum Gasteiger partial charge on any atom is 0.406 e. The molecule has 1 amide bonds. The van der Waals surface area contributed by atoms with Crippen LogP contribution >= 0.6 is 0 Å². The largest absolute Gasteiger partial charge is 0.453 e. The van der Waals surface area contributed by atoms with E-state index < -0.39 is 0 Å². The molecule has 1 aromatic heterocycles. The van der Waals surface area contributed by atoms with Crippen LogP contribution in [0.25, 0.3) is 0 Å². The summed E-state index contributed by atoms with van der Waals surface area (Å²) >= 11 is 0. The molecular weight excluding hydrogens is 230 g/mol. The number of pyridine rings is 1. The van der Waals surface area contributed by atoms with Gasteiger partial charge in [0.15, 0.2) is 0 Å². The van der Waals surface area contributed by atoms with E-state index in [4.69, 9.17) is 0 Å². The summed E-state index contributed by atoms with van der Waals surface area (Å²) in [7, 11) is 1.37. The summed E-state index contributed by atoms with van der Waals surface area (Å²) in [5, 5.41) is 2.69. The third-order valence-electron chi connectivity index (χ3n) is 3.00. The minimum atomic E-state index is -0.386. The van der Waals surface area contributed by atoms with Gasteiger partial charge in [0.05, 0.1) is 7.11 Å². The minimum absolute atomic E-state index is 0.303. The minimum Gasteiger partial charge on any atom is -0.453 e. The lowest BCUT2D eigenvalue weighted by atomic mass is 10.1. The molecular formula is C13H21N3O2. The van der Waals surface area contributed by atoms with Crippen molar-refractivity contribution in [3.8, 4) is 0 Å². The Hall–Kier alpha value is -1.62. The van der Waals surface area contributed by atoms with Gasteiger partial charge in [0.1, 0.15) is 0 Å². The van der Waals surface area contributed by atoms with Crippen LogP contribution in [0, 0.1) is 0 Å². The zero-order valence-corrected chi connectivity index (χ0v) is 11.2. The third-order valence-corrected chi connectivity index (χ3v) is 3.00. The molecule has 18 heavy (non-hydrogen) atoms. The molecule has 1 rings (SSSR count). The summed E-state index contributed by atoms with van der Waals surface area (Å²) in [6, 6.07) is 4.33. The maximum absolute atomic E-state index is 11.0. The number of nitrogens with one attached hydrogen (secondary N) is 1. The molecule has 0 saturated heterocycles. The summed E-state index contributed by atoms with van der Waals surface area (Å²) in [4.78, 5) is 17.3. The van der Waals surface area contributed by atoms with Gasteiger partial charge in [-0.2, -0.15) is 0 Å². The molecule has 0 aliphatic carbocycles. The number of likely N-dealkylation sites (N-methyl/N-ethyl adjacent to an activating group) is 1. The topological polar surface area (TPSA) is 54.5 Å². The zero-order chi connectivity index (χ0) is 13.4. The van der Waals surface area contributed by atoms with Crippen LogP contribution in [0.2, 0.25) is 0 Å². The predicted octanol–water partition coefficient (Wildman–Crippen LogP) is 1.82. The first-order valence-corrected chi connectivity index (χ1v) is 6.14. The van der Waals surface area contributed by atoms with Gasteiger partial charge in [-0.25, -0.2) is 4.79 Å². The average Bonchev–Trinajstić information content (AvgIpc) is 2.43. The van der Waals surface area contributed by atoms with Crippen LogP contribution in [0.5, 0.6) is 0 Å². The molecule has 5 heteroatoms. The number of ether oxygens (including phenoxy) is 1. The highest BCUT2D eigenvalue weighted by atomic mass is 16.5. The second kappa shape index (κ2) is 7.66. The lowest BCUT2D eigenvalue weighted by molar-refractivity contribution is 0.165. The van der Waals surface area contributed by atoms with Gasteiger partial charge in [-0.1, -0.05) is 6.92 Å². The summed E-state index contributed by atoms with van der Waals surface area (Å²) < 4.78 is 4.53. The third kappa shape index (κ3) is 4.33. The standard InChI is InChI=1S/C13H21N3O2/c1-4-16(10-9-15-13(17)18-3)11(2)12-5-7-14-8-6-12/h5-8,11H,4,9-10H2,1-3H3,(H,15,17). The lowest BCUT2D eigenvalue weighted by Crippen LogP contribution is -2.36. The zero-order valence-electron chi connectivity index (χ0n) is 11.2. The van der Waals surface area contributed by atoms with Gasteiger partial charge >= 0.3 is 6.09 Å². The number of carbonyl (C=O) groups is 1. The molecule has 100 valence electrons. The monoisotopic (exact) mass is 251 g/mol. The van der Waals surface area contributed by atoms with E-state index in [1.807, 2.05) is 12.1 Å². The van der Waals surface area contributed by atoms with E-state index in [9.17, 15) is 4.79 Å². The molecule has 0 bridgehead atoms. The number of hydrogen-bond acceptors (Lipinski definition) is 4. The SMILES string of the molecule is CCN(CCNC(=O)OC)C(C)c1ccncc1. The van der Waals surface area contributed by atoms with Crippen molar-refractivity contribution in [1.29, 1.82) is 0 Å². The molecule has 5 nitrogen and oxygen atoms in total. The fourth-order valence-electron chi connectivity index (χ4n) is 1.85. The molecule has 1 atom stereocenters. The highest BCUT2D eigenvalue weighted by Crippen LogP contribution is 2.18. The first kappa shape index (κ1) is 14.4. The Bertz CT molecular complexity index is 357. The van der Waals surface area contributed by atoms with E-state index in [1.54, 1.807) is 12.4 Å². The second-order valence-electron chi connectivity index (χ2n) is 4.00. The van der Waals surface area contributed by atoms with Crippen molar-refractivity contribution in [2.75, 3.05) is 26.7 Å². The number of methoxy groups -OCH3 is 1. The van der Waals surface area contributed by atoms with E-state index in [0.29, 0.717) is 12.6 Å². The molecule has 0 spiro atoms. The number of hydrogen-bond donors (Lipinski definition) is 1. The van der Waals surface area contributed by atoms with E-state index in [1.165, 1.54) is 12.7 Å². The summed E-state index contributed by atoms with van der Waals surface area (Å²) in [5.41, 5.74) is 1.23. The van der Waals surface area contributed by atoms with Gasteiger partial charge in [0.25, 0.3) is 0 Å². The van der Waals surface area contributed by atoms with Crippen LogP contribution < -0.4 is 5.32 Å². The highest BCUT2D eigenvalue weighted by molar-refractivity contribution is 5.66. The number of amides is 1. The Morgan fingerprint density at radius 2 is 2.17 bits per heavy atom. The number of alkyl carbamates (subject to hydrolysis) is 1. The molecule has 1 aromatic rings. The molecule has 1 unspecified atom stereocenters. The predicted molar refractivity (Wildman–Crippen MR) is 70.3 cm³/mol. The van der Waals surface area contributed by atoms with Gasteiger partial charge in [-0.15, -0.1) is 0 Å². The number of carbonyl (C=O) groups excluding carboxylic acids is 1. The highest BCUT2D eigenvalue weighted by Gasteiger charge is 2.13. The van der Waals surface area contributed by atoms with E-state index in [0.717, 1.165) is 13.1 Å². The first-order valence-electron chi connectivity index (χ1n) is 6.14. The van der Waals surface area contributed by atoms with Crippen LogP contribution in [-0.2, 0) is 4.74 Å². The van der Waals surface area contributed by atoms with Gasteiger partial charge < -0.3 is 10.1 Å². The molecule has 0 radical (unpaired) electrons. The van der Waals surface area contributed by atoms with Crippen molar-refractivity contribution in [2.24, 2.45) is 0 Å². The molecule has 1 N–H and O–H groups in total. The fourth-order valence-corrected chi connectivity index (χ4v) is 1.85. The Morgan fingerprint density at radius 3 is 2.72 bits per heavy atom. The van der Waals surface area contributed by atoms with Crippen LogP contribution in [-0.4, -0.2) is 42.7 Å². The van der Waals surface area contributed by atoms with Crippen LogP contribution in [0.3, 0.4) is 0 Å². The maximum atomic E-state index is 11.0. The summed E-state index contributed by atoms with van der Waals surface area (Å²) in [6.45, 7) is 6.55. The van der Waals surface area contributed by atoms with Crippen molar-refractivity contribution in [3.63, 3.8) is 0 Å². The quantitative estimate of drug-likeness (QED) is 0.838. The molecule has 0 aliphatic heterocycles. The smallest absolute Gasteiger partial charge is 0.406 e. The normalized spacial score (nSPS) is 12.2. The van der Waals surface area contributed by atoms with E-state index >= 15 is 0 Å². The second-order valence-corrected chi connectivity index (χ2v) is 4.00. The van der Waals surface area contributed by atoms with Crippen molar-refractivity contribution in [2.45, 2.75) is 19.9 Å². The van der Waals surface area contributed by atoms with Gasteiger partial charge in [0, 0.05) is 31.5 Å². The Balaban J connectivity index is 2.48. The summed E-state index contributed by atoms with van der Waals surface area (Å²) in [5.74, 6) is 0. The number of rotatable bonds is 6. The van der Waals surface area contributed by atoms with Gasteiger partial charge in [-0.05, 0) is 31.2 Å². The molecule has 1 heterocycles. The Kier molecular flexibility index (Phi) is 6.14.